The Morgan fingerprint density at radius 1 is 0.734 bits per heavy atom. The number of thioether (sulfide) groups is 2. The van der Waals surface area contributed by atoms with E-state index in [0.717, 1.165) is 35.0 Å². The van der Waals surface area contributed by atoms with Gasteiger partial charge in [0.15, 0.2) is 5.62 Å². The third-order valence-electron chi connectivity index (χ3n) is 8.24. The van der Waals surface area contributed by atoms with Crippen LogP contribution in [0.3, 0.4) is 0 Å². The van der Waals surface area contributed by atoms with E-state index in [4.69, 9.17) is 28.1 Å². The number of alkyl halides is 3. The number of hydrogen-bond acceptors (Lipinski definition) is 15. The lowest BCUT2D eigenvalue weighted by atomic mass is 10.1. The third-order valence-corrected chi connectivity index (χ3v) is 11.0. The number of carbonyl (C=O) groups is 4. The van der Waals surface area contributed by atoms with E-state index in [1.807, 2.05) is 0 Å². The Balaban J connectivity index is 0.000000343. The highest BCUT2D eigenvalue weighted by Gasteiger charge is 2.32. The summed E-state index contributed by atoms with van der Waals surface area (Å²) in [5.41, 5.74) is 2.18. The monoisotopic (exact) mass is 978 g/mol. The van der Waals surface area contributed by atoms with Crippen LogP contribution < -0.4 is 35.1 Å². The molecule has 4 unspecified atom stereocenters. The maximum atomic E-state index is 14.0. The number of rotatable bonds is 23. The molecular formula is C39H42F4N4O13S4. The van der Waals surface area contributed by atoms with Gasteiger partial charge in [0.1, 0.15) is 48.5 Å². The number of imide groups is 1. The van der Waals surface area contributed by atoms with Gasteiger partial charge in [-0.25, -0.2) is 23.0 Å². The first-order chi connectivity index (χ1) is 30.1. The Hall–Kier alpha value is -5.28. The van der Waals surface area contributed by atoms with E-state index in [1.54, 1.807) is 54.8 Å². The summed E-state index contributed by atoms with van der Waals surface area (Å²) in [7, 11) is -7.32. The lowest BCUT2D eigenvalue weighted by Crippen LogP contribution is -2.32. The predicted molar refractivity (Wildman–Crippen MR) is 228 cm³/mol. The number of nitrogens with two attached hydrogens (primary N) is 2. The molecule has 0 aliphatic heterocycles. The first-order valence-corrected chi connectivity index (χ1v) is 23.3. The van der Waals surface area contributed by atoms with Crippen molar-refractivity contribution < 1.29 is 76.2 Å². The van der Waals surface area contributed by atoms with Gasteiger partial charge in [-0.3, -0.25) is 24.5 Å². The van der Waals surface area contributed by atoms with Crippen LogP contribution in [0.4, 0.5) is 17.6 Å². The van der Waals surface area contributed by atoms with Gasteiger partial charge in [-0.1, -0.05) is 66.4 Å². The quantitative estimate of drug-likeness (QED) is 0.0600. The van der Waals surface area contributed by atoms with Gasteiger partial charge in [-0.2, -0.15) is 28.6 Å². The van der Waals surface area contributed by atoms with Crippen LogP contribution in [0, 0.1) is 5.82 Å². The summed E-state index contributed by atoms with van der Waals surface area (Å²) >= 11 is 2.15. The number of halogens is 4. The molecule has 0 aliphatic carbocycles. The topological polar surface area (TPSA) is 259 Å². The maximum Gasteiger partial charge on any atom is 0.573 e. The Morgan fingerprint density at radius 3 is 1.75 bits per heavy atom. The number of amides is 3. The standard InChI is InChI=1S/C20H21F3N2O7S2.C19H21FN2O6S2/c1-33-18(19(27)25-12-26)9-13-5-7-15(8-6-13)30-11-17(32-34(24,28)29)14-3-2-4-16(10-14)31-20(21,22)23;1-22-19(24)18(29-12-23)10-13-6-8-14(9-7-13)27-11-17(28-30(21,25)26)15-4-2-3-5-16(15)20/h2-8,10,12,17-18H,9,11H2,1H3,(H2,24,28,29)(H,25,26,27);2-9,12,17-18H,10-11H2,1H3,(H,22,24)(H2,21,25,26). The van der Waals surface area contributed by atoms with Gasteiger partial charge in [0.25, 0.3) is 0 Å². The molecule has 3 amide bonds. The van der Waals surface area contributed by atoms with Crippen molar-refractivity contribution in [3.8, 4) is 17.2 Å². The molecule has 0 aliphatic rings. The Kier molecular flexibility index (Phi) is 21.0. The summed E-state index contributed by atoms with van der Waals surface area (Å²) in [6.45, 7) is -0.709. The minimum absolute atomic E-state index is 0.0116. The van der Waals surface area contributed by atoms with Crippen molar-refractivity contribution in [2.24, 2.45) is 10.3 Å². The molecule has 0 saturated heterocycles. The zero-order valence-electron chi connectivity index (χ0n) is 33.6. The molecule has 0 fully saturated rings. The molecule has 4 rings (SSSR count). The van der Waals surface area contributed by atoms with E-state index in [-0.39, 0.29) is 23.6 Å². The molecular weight excluding hydrogens is 937 g/mol. The van der Waals surface area contributed by atoms with E-state index in [9.17, 15) is 53.6 Å². The van der Waals surface area contributed by atoms with E-state index < -0.39 is 73.8 Å². The number of hydrogen-bond donors (Lipinski definition) is 4. The van der Waals surface area contributed by atoms with Gasteiger partial charge in [-0.15, -0.1) is 13.2 Å². The number of ether oxygens (including phenoxy) is 3. The van der Waals surface area contributed by atoms with Crippen LogP contribution in [0.25, 0.3) is 0 Å². The Labute approximate surface area is 374 Å². The molecule has 25 heteroatoms. The lowest BCUT2D eigenvalue weighted by molar-refractivity contribution is -0.274. The zero-order valence-corrected chi connectivity index (χ0v) is 36.9. The number of carbonyl (C=O) groups excluding carboxylic acids is 4. The van der Waals surface area contributed by atoms with E-state index in [0.29, 0.717) is 36.4 Å². The van der Waals surface area contributed by atoms with Gasteiger partial charge < -0.3 is 19.5 Å². The fourth-order valence-corrected chi connectivity index (χ4v) is 7.68. The molecule has 348 valence electrons. The molecule has 64 heavy (non-hydrogen) atoms. The van der Waals surface area contributed by atoms with E-state index >= 15 is 0 Å². The summed E-state index contributed by atoms with van der Waals surface area (Å²) < 4.78 is 122. The van der Waals surface area contributed by atoms with Crippen molar-refractivity contribution in [1.82, 2.24) is 10.6 Å². The largest absolute Gasteiger partial charge is 0.573 e. The van der Waals surface area contributed by atoms with Crippen LogP contribution in [-0.2, 0) is 61.0 Å². The van der Waals surface area contributed by atoms with Crippen molar-refractivity contribution in [2.45, 2.75) is 41.9 Å². The molecule has 0 spiro atoms. The van der Waals surface area contributed by atoms with Crippen LogP contribution in [0.15, 0.2) is 97.1 Å². The van der Waals surface area contributed by atoms with Gasteiger partial charge in [0.05, 0.1) is 10.5 Å². The van der Waals surface area contributed by atoms with Gasteiger partial charge in [-0.05, 0) is 78.3 Å². The highest BCUT2D eigenvalue weighted by molar-refractivity contribution is 8.13. The van der Waals surface area contributed by atoms with Crippen LogP contribution in [-0.4, -0.2) is 84.1 Å². The highest BCUT2D eigenvalue weighted by atomic mass is 32.2. The summed E-state index contributed by atoms with van der Waals surface area (Å²) in [5.74, 6) is -1.25. The average molecular weight is 979 g/mol. The van der Waals surface area contributed by atoms with Crippen molar-refractivity contribution in [3.63, 3.8) is 0 Å². The predicted octanol–water partition coefficient (Wildman–Crippen LogP) is 4.22. The highest BCUT2D eigenvalue weighted by Crippen LogP contribution is 2.29. The van der Waals surface area contributed by atoms with Crippen LogP contribution >= 0.6 is 23.5 Å². The molecule has 0 radical (unpaired) electrons. The van der Waals surface area contributed by atoms with Crippen molar-refractivity contribution in [3.05, 3.63) is 125 Å². The first-order valence-electron chi connectivity index (χ1n) is 18.2. The van der Waals surface area contributed by atoms with E-state index in [1.165, 1.54) is 55.2 Å². The second-order valence-electron chi connectivity index (χ2n) is 12.8. The van der Waals surface area contributed by atoms with E-state index in [2.05, 4.69) is 15.4 Å². The molecule has 0 saturated carbocycles. The smallest absolute Gasteiger partial charge is 0.490 e. The molecule has 4 atom stereocenters. The third kappa shape index (κ3) is 19.6. The van der Waals surface area contributed by atoms with Crippen LogP contribution in [0.2, 0.25) is 0 Å². The van der Waals surface area contributed by atoms with Crippen LogP contribution in [0.1, 0.15) is 34.5 Å². The molecule has 17 nitrogen and oxygen atoms in total. The minimum atomic E-state index is -4.93. The molecule has 4 aromatic carbocycles. The maximum absolute atomic E-state index is 14.0. The number of benzene rings is 4. The summed E-state index contributed by atoms with van der Waals surface area (Å²) in [5, 5.41) is 13.4. The summed E-state index contributed by atoms with van der Waals surface area (Å²) in [6.07, 6.45) is -4.86. The average Bonchev–Trinajstić information content (AvgIpc) is 3.22. The lowest BCUT2D eigenvalue weighted by Gasteiger charge is -2.19. The second kappa shape index (κ2) is 25.3. The molecule has 6 N–H and O–H groups in total. The fourth-order valence-electron chi connectivity index (χ4n) is 5.40. The van der Waals surface area contributed by atoms with Crippen LogP contribution in [0.5, 0.6) is 17.2 Å². The van der Waals surface area contributed by atoms with Gasteiger partial charge in [0, 0.05) is 12.6 Å². The Bertz CT molecular complexity index is 2380. The molecule has 0 bridgehead atoms. The summed E-state index contributed by atoms with van der Waals surface area (Å²) in [6, 6.07) is 23.2. The van der Waals surface area contributed by atoms with Crippen molar-refractivity contribution in [2.75, 3.05) is 26.5 Å². The normalized spacial score (nSPS) is 13.4. The fraction of sp³-hybridized carbons (Fsp3) is 0.282. The zero-order chi connectivity index (χ0) is 47.5. The Morgan fingerprint density at radius 2 is 1.27 bits per heavy atom. The molecule has 4 aromatic rings. The van der Waals surface area contributed by atoms with Crippen molar-refractivity contribution in [1.29, 1.82) is 0 Å². The first kappa shape index (κ1) is 53.1. The second-order valence-corrected chi connectivity index (χ2v) is 17.2. The molecule has 0 aromatic heterocycles. The minimum Gasteiger partial charge on any atom is -0.490 e. The van der Waals surface area contributed by atoms with Gasteiger partial charge >= 0.3 is 27.0 Å². The number of nitrogens with one attached hydrogen (secondary N) is 2. The SMILES string of the molecule is CNC(=O)C(Cc1ccc(OCC(OS(N)(=O)=O)c2ccccc2F)cc1)SC=O.CSC(Cc1ccc(OCC(OS(N)(=O)=O)c2cccc(OC(F)(F)F)c2)cc1)C(=O)NC=O. The van der Waals surface area contributed by atoms with Crippen molar-refractivity contribution >= 4 is 68.0 Å². The molecule has 0 heterocycles. The van der Waals surface area contributed by atoms with Gasteiger partial charge in [0.2, 0.25) is 18.2 Å². The summed E-state index contributed by atoms with van der Waals surface area (Å²) in [4.78, 5) is 44.8.